The summed E-state index contributed by atoms with van der Waals surface area (Å²) in [7, 11) is -2.43. The maximum Gasteiger partial charge on any atom is 0.0361 e. The van der Waals surface area contributed by atoms with Crippen LogP contribution in [0.1, 0.15) is 54.0 Å². The van der Waals surface area contributed by atoms with E-state index in [2.05, 4.69) is 4.99 Å². The van der Waals surface area contributed by atoms with Gasteiger partial charge in [-0.3, -0.25) is 4.99 Å². The number of benzene rings is 1. The van der Waals surface area contributed by atoms with Crippen LogP contribution in [0.3, 0.4) is 0 Å². The van der Waals surface area contributed by atoms with Gasteiger partial charge in [0.05, 0.1) is 0 Å². The highest BCUT2D eigenvalue weighted by Crippen LogP contribution is 2.73. The van der Waals surface area contributed by atoms with Crippen molar-refractivity contribution in [3.05, 3.63) is 29.8 Å². The first kappa shape index (κ1) is 17.2. The Kier molecular flexibility index (Phi) is 5.07. The van der Waals surface area contributed by atoms with Crippen LogP contribution < -0.4 is 0 Å². The monoisotopic (exact) mass is 297 g/mol. The minimum absolute atomic E-state index is 0.385. The van der Waals surface area contributed by atoms with Crippen LogP contribution >= 0.6 is 10.4 Å². The Hall–Kier alpha value is -0.830. The summed E-state index contributed by atoms with van der Waals surface area (Å²) in [6.45, 7) is 14.8. The molecule has 0 aliphatic carbocycles. The molecule has 0 radical (unpaired) electrons. The van der Waals surface area contributed by atoms with E-state index in [0.29, 0.717) is 0 Å². The lowest BCUT2D eigenvalue weighted by Gasteiger charge is -2.52. The fourth-order valence-corrected chi connectivity index (χ4v) is 6.33. The molecule has 0 heterocycles. The zero-order valence-corrected chi connectivity index (χ0v) is 14.6. The van der Waals surface area contributed by atoms with Gasteiger partial charge in [-0.2, -0.15) is 3.89 Å². The number of hydrogen-bond acceptors (Lipinski definition) is 1. The van der Waals surface area contributed by atoms with Gasteiger partial charge >= 0.3 is 0 Å². The van der Waals surface area contributed by atoms with Crippen molar-refractivity contribution in [2.75, 3.05) is 6.54 Å². The van der Waals surface area contributed by atoms with Crippen LogP contribution in [-0.2, 0) is 0 Å². The first-order valence-electron chi connectivity index (χ1n) is 7.16. The molecular formula is C17H28FNS. The highest BCUT2D eigenvalue weighted by Gasteiger charge is 2.47. The fraction of sp³-hybridized carbons (Fsp3) is 0.588. The van der Waals surface area contributed by atoms with E-state index in [-0.39, 0.29) is 9.49 Å². The number of aliphatic imine (C=N–C) groups is 1. The third-order valence-corrected chi connectivity index (χ3v) is 7.61. The van der Waals surface area contributed by atoms with Gasteiger partial charge < -0.3 is 0 Å². The van der Waals surface area contributed by atoms with Crippen LogP contribution in [0.25, 0.3) is 0 Å². The second-order valence-corrected chi connectivity index (χ2v) is 11.0. The Morgan fingerprint density at radius 2 is 1.45 bits per heavy atom. The van der Waals surface area contributed by atoms with E-state index in [1.807, 2.05) is 78.9 Å². The van der Waals surface area contributed by atoms with Crippen LogP contribution in [-0.4, -0.2) is 22.3 Å². The fourth-order valence-electron chi connectivity index (χ4n) is 2.56. The SMILES string of the molecule is CCN=Cc1ccc(S(F)(C(C)(C)C)C(C)(C)C)cc1. The van der Waals surface area contributed by atoms with Crippen LogP contribution in [0.4, 0.5) is 3.89 Å². The molecule has 0 aromatic heterocycles. The minimum atomic E-state index is -2.43. The maximum atomic E-state index is 16.0. The molecule has 0 atom stereocenters. The van der Waals surface area contributed by atoms with Gasteiger partial charge in [-0.25, -0.2) is 0 Å². The molecule has 0 saturated carbocycles. The second-order valence-electron chi connectivity index (χ2n) is 6.96. The highest BCUT2D eigenvalue weighted by atomic mass is 32.3. The van der Waals surface area contributed by atoms with E-state index in [9.17, 15) is 0 Å². The third kappa shape index (κ3) is 3.25. The molecule has 0 bridgehead atoms. The predicted octanol–water partition coefficient (Wildman–Crippen LogP) is 5.77. The zero-order chi connectivity index (χ0) is 15.6. The van der Waals surface area contributed by atoms with Crippen molar-refractivity contribution in [3.63, 3.8) is 0 Å². The van der Waals surface area contributed by atoms with Crippen LogP contribution in [0.5, 0.6) is 0 Å². The molecule has 0 unspecified atom stereocenters. The highest BCUT2D eigenvalue weighted by molar-refractivity contribution is 8.31. The molecule has 20 heavy (non-hydrogen) atoms. The lowest BCUT2D eigenvalue weighted by molar-refractivity contribution is 0.640. The minimum Gasteiger partial charge on any atom is -0.293 e. The number of rotatable bonds is 3. The van der Waals surface area contributed by atoms with Crippen molar-refractivity contribution >= 4 is 16.6 Å². The quantitative estimate of drug-likeness (QED) is 0.628. The van der Waals surface area contributed by atoms with Crippen molar-refractivity contribution in [1.29, 1.82) is 0 Å². The summed E-state index contributed by atoms with van der Waals surface area (Å²) in [5.41, 5.74) is 1.03. The van der Waals surface area contributed by atoms with Gasteiger partial charge in [-0.1, -0.05) is 22.5 Å². The Labute approximate surface area is 125 Å². The van der Waals surface area contributed by atoms with E-state index in [1.54, 1.807) is 0 Å². The molecule has 0 amide bonds. The molecule has 114 valence electrons. The van der Waals surface area contributed by atoms with E-state index in [0.717, 1.165) is 17.0 Å². The smallest absolute Gasteiger partial charge is 0.0361 e. The molecular weight excluding hydrogens is 269 g/mol. The zero-order valence-electron chi connectivity index (χ0n) is 13.8. The molecule has 0 fully saturated rings. The number of halogens is 1. The summed E-state index contributed by atoms with van der Waals surface area (Å²) in [6, 6.07) is 7.80. The van der Waals surface area contributed by atoms with E-state index < -0.39 is 10.4 Å². The Bertz CT molecular complexity index is 449. The Morgan fingerprint density at radius 3 is 1.80 bits per heavy atom. The van der Waals surface area contributed by atoms with Gasteiger partial charge in [0.25, 0.3) is 0 Å². The standard InChI is InChI=1S/C17H28FNS/c1-8-19-13-14-9-11-15(12-10-14)20(18,16(2,3)4)17(5,6)7/h9-13H,8H2,1-7H3. The molecule has 1 aromatic carbocycles. The Morgan fingerprint density at radius 1 is 1.00 bits per heavy atom. The summed E-state index contributed by atoms with van der Waals surface area (Å²) in [5, 5.41) is 0. The van der Waals surface area contributed by atoms with Gasteiger partial charge in [-0.15, -0.1) is 0 Å². The molecule has 0 saturated heterocycles. The molecule has 1 aromatic rings. The van der Waals surface area contributed by atoms with Crippen molar-refractivity contribution in [2.24, 2.45) is 4.99 Å². The first-order chi connectivity index (χ1) is 9.04. The lowest BCUT2D eigenvalue weighted by atomic mass is 10.2. The van der Waals surface area contributed by atoms with E-state index in [1.165, 1.54) is 0 Å². The topological polar surface area (TPSA) is 12.4 Å². The van der Waals surface area contributed by atoms with Crippen molar-refractivity contribution in [2.45, 2.75) is 62.9 Å². The van der Waals surface area contributed by atoms with Crippen molar-refractivity contribution < 1.29 is 3.89 Å². The predicted molar refractivity (Wildman–Crippen MR) is 91.0 cm³/mol. The normalized spacial score (nSPS) is 14.8. The summed E-state index contributed by atoms with van der Waals surface area (Å²) < 4.78 is 15.2. The number of nitrogens with zero attached hydrogens (tertiary/aromatic N) is 1. The Balaban J connectivity index is 3.28. The molecule has 0 spiro atoms. The lowest BCUT2D eigenvalue weighted by Crippen LogP contribution is -2.35. The van der Waals surface area contributed by atoms with Gasteiger partial charge in [0.1, 0.15) is 0 Å². The van der Waals surface area contributed by atoms with E-state index in [4.69, 9.17) is 0 Å². The van der Waals surface area contributed by atoms with Crippen LogP contribution in [0, 0.1) is 0 Å². The summed E-state index contributed by atoms with van der Waals surface area (Å²) >= 11 is 0. The van der Waals surface area contributed by atoms with Crippen molar-refractivity contribution in [3.8, 4) is 0 Å². The van der Waals surface area contributed by atoms with Gasteiger partial charge in [0, 0.05) is 27.1 Å². The van der Waals surface area contributed by atoms with Crippen LogP contribution in [0.2, 0.25) is 0 Å². The van der Waals surface area contributed by atoms with Gasteiger partial charge in [0.2, 0.25) is 0 Å². The summed E-state index contributed by atoms with van der Waals surface area (Å²) in [4.78, 5) is 5.04. The molecule has 1 nitrogen and oxygen atoms in total. The number of hydrogen-bond donors (Lipinski definition) is 0. The average Bonchev–Trinajstić information content (AvgIpc) is 2.33. The molecule has 0 N–H and O–H groups in total. The van der Waals surface area contributed by atoms with Crippen molar-refractivity contribution in [1.82, 2.24) is 0 Å². The largest absolute Gasteiger partial charge is 0.293 e. The first-order valence-corrected chi connectivity index (χ1v) is 8.69. The summed E-state index contributed by atoms with van der Waals surface area (Å²) in [5.74, 6) is 0. The summed E-state index contributed by atoms with van der Waals surface area (Å²) in [6.07, 6.45) is 1.84. The molecule has 0 aliphatic rings. The average molecular weight is 297 g/mol. The molecule has 3 heteroatoms. The molecule has 0 aliphatic heterocycles. The maximum absolute atomic E-state index is 16.0. The van der Waals surface area contributed by atoms with E-state index >= 15 is 3.89 Å². The van der Waals surface area contributed by atoms with Crippen LogP contribution in [0.15, 0.2) is 34.2 Å². The third-order valence-electron chi connectivity index (χ3n) is 3.32. The van der Waals surface area contributed by atoms with Gasteiger partial charge in [-0.05, 0) is 66.2 Å². The molecule has 1 rings (SSSR count). The second kappa shape index (κ2) is 5.88. The van der Waals surface area contributed by atoms with Gasteiger partial charge in [0.15, 0.2) is 0 Å².